The molecule has 0 amide bonds. The number of rotatable bonds is 6. The number of aromatic nitrogens is 2. The molecule has 152 valence electrons. The number of hydrogen-bond acceptors (Lipinski definition) is 6. The first-order chi connectivity index (χ1) is 14.4. The molecule has 0 aliphatic carbocycles. The van der Waals surface area contributed by atoms with E-state index >= 15 is 0 Å². The first-order valence-corrected chi connectivity index (χ1v) is 10.3. The summed E-state index contributed by atoms with van der Waals surface area (Å²) in [5.41, 5.74) is 1.48. The van der Waals surface area contributed by atoms with E-state index in [1.807, 2.05) is 48.3 Å². The zero-order valence-electron chi connectivity index (χ0n) is 16.0. The van der Waals surface area contributed by atoms with E-state index in [9.17, 15) is 14.9 Å². The Labute approximate surface area is 180 Å². The average Bonchev–Trinajstić information content (AvgIpc) is 3.15. The monoisotopic (exact) mass is 440 g/mol. The van der Waals surface area contributed by atoms with Crippen LogP contribution in [0.25, 0.3) is 20.7 Å². The van der Waals surface area contributed by atoms with E-state index in [4.69, 9.17) is 11.6 Å². The summed E-state index contributed by atoms with van der Waals surface area (Å²) in [6.07, 6.45) is 0. The van der Waals surface area contributed by atoms with Crippen LogP contribution in [0.4, 0.5) is 5.69 Å². The molecule has 1 N–H and O–H groups in total. The lowest BCUT2D eigenvalue weighted by Crippen LogP contribution is -2.21. The predicted octanol–water partition coefficient (Wildman–Crippen LogP) is 4.85. The molecule has 0 atom stereocenters. The summed E-state index contributed by atoms with van der Waals surface area (Å²) in [7, 11) is 1.84. The van der Waals surface area contributed by atoms with E-state index in [0.717, 1.165) is 10.4 Å². The van der Waals surface area contributed by atoms with E-state index in [2.05, 4.69) is 9.97 Å². The molecule has 4 aromatic rings. The number of hydrogen-bond donors (Lipinski definition) is 1. The van der Waals surface area contributed by atoms with Crippen LogP contribution in [0.2, 0.25) is 5.02 Å². The second-order valence-electron chi connectivity index (χ2n) is 6.91. The topological polar surface area (TPSA) is 92.1 Å². The highest BCUT2D eigenvalue weighted by atomic mass is 35.5. The Morgan fingerprint density at radius 2 is 1.93 bits per heavy atom. The zero-order valence-corrected chi connectivity index (χ0v) is 17.5. The van der Waals surface area contributed by atoms with Gasteiger partial charge in [0.05, 0.1) is 16.9 Å². The Kier molecular flexibility index (Phi) is 5.63. The van der Waals surface area contributed by atoms with Crippen LogP contribution in [-0.4, -0.2) is 26.8 Å². The Morgan fingerprint density at radius 1 is 1.17 bits per heavy atom. The van der Waals surface area contributed by atoms with Crippen molar-refractivity contribution >= 4 is 38.8 Å². The van der Waals surface area contributed by atoms with Gasteiger partial charge < -0.3 is 4.98 Å². The summed E-state index contributed by atoms with van der Waals surface area (Å²) in [6, 6.07) is 16.1. The van der Waals surface area contributed by atoms with Crippen molar-refractivity contribution in [3.05, 3.63) is 91.5 Å². The number of thiophene rings is 1. The minimum Gasteiger partial charge on any atom is -0.309 e. The van der Waals surface area contributed by atoms with Crippen LogP contribution >= 0.6 is 22.9 Å². The third kappa shape index (κ3) is 4.25. The van der Waals surface area contributed by atoms with Gasteiger partial charge in [0.25, 0.3) is 11.2 Å². The molecular formula is C21H17ClN4O3S. The SMILES string of the molecule is CN(Cc1nc2sc(-c3ccccc3)cc2c(=O)[nH]1)Cc1cc([N+](=O)[O-])ccc1Cl. The summed E-state index contributed by atoms with van der Waals surface area (Å²) in [6.45, 7) is 0.741. The molecule has 30 heavy (non-hydrogen) atoms. The molecule has 7 nitrogen and oxygen atoms in total. The van der Waals surface area contributed by atoms with Gasteiger partial charge in [-0.3, -0.25) is 19.8 Å². The van der Waals surface area contributed by atoms with Crippen molar-refractivity contribution < 1.29 is 4.92 Å². The summed E-state index contributed by atoms with van der Waals surface area (Å²) in [4.78, 5) is 34.1. The number of nitrogens with zero attached hydrogens (tertiary/aromatic N) is 3. The van der Waals surface area contributed by atoms with Crippen LogP contribution < -0.4 is 5.56 Å². The maximum Gasteiger partial charge on any atom is 0.269 e. The lowest BCUT2D eigenvalue weighted by molar-refractivity contribution is -0.384. The highest BCUT2D eigenvalue weighted by Crippen LogP contribution is 2.31. The number of nitro groups is 1. The van der Waals surface area contributed by atoms with Gasteiger partial charge >= 0.3 is 0 Å². The Hall–Kier alpha value is -3.07. The maximum absolute atomic E-state index is 12.6. The quantitative estimate of drug-likeness (QED) is 0.342. The second kappa shape index (κ2) is 8.35. The fourth-order valence-corrected chi connectivity index (χ4v) is 4.43. The Bertz CT molecular complexity index is 1290. The van der Waals surface area contributed by atoms with Gasteiger partial charge in [0.15, 0.2) is 0 Å². The van der Waals surface area contributed by atoms with Crippen molar-refractivity contribution in [3.63, 3.8) is 0 Å². The Balaban J connectivity index is 1.57. The van der Waals surface area contributed by atoms with Gasteiger partial charge in [-0.15, -0.1) is 11.3 Å². The molecule has 0 saturated heterocycles. The number of nitrogens with one attached hydrogen (secondary N) is 1. The molecule has 9 heteroatoms. The van der Waals surface area contributed by atoms with Crippen LogP contribution in [-0.2, 0) is 13.1 Å². The molecule has 0 aliphatic rings. The van der Waals surface area contributed by atoms with Crippen LogP contribution in [0.5, 0.6) is 0 Å². The summed E-state index contributed by atoms with van der Waals surface area (Å²) in [5, 5.41) is 12.0. The molecule has 2 aromatic carbocycles. The summed E-state index contributed by atoms with van der Waals surface area (Å²) >= 11 is 7.66. The number of halogens is 1. The van der Waals surface area contributed by atoms with Crippen molar-refractivity contribution in [1.82, 2.24) is 14.9 Å². The molecule has 0 radical (unpaired) electrons. The number of fused-ring (bicyclic) bond motifs is 1. The fraction of sp³-hybridized carbons (Fsp3) is 0.143. The molecular weight excluding hydrogens is 424 g/mol. The van der Waals surface area contributed by atoms with E-state index in [1.54, 1.807) is 0 Å². The van der Waals surface area contributed by atoms with Gasteiger partial charge in [-0.1, -0.05) is 41.9 Å². The molecule has 0 spiro atoms. The number of nitro benzene ring substituents is 1. The molecule has 0 saturated carbocycles. The molecule has 0 unspecified atom stereocenters. The number of non-ortho nitro benzene ring substituents is 1. The van der Waals surface area contributed by atoms with Crippen LogP contribution in [0.3, 0.4) is 0 Å². The van der Waals surface area contributed by atoms with Crippen molar-refractivity contribution in [2.24, 2.45) is 0 Å². The van der Waals surface area contributed by atoms with Gasteiger partial charge in [0.2, 0.25) is 0 Å². The van der Waals surface area contributed by atoms with Crippen molar-refractivity contribution in [1.29, 1.82) is 0 Å². The first-order valence-electron chi connectivity index (χ1n) is 9.10. The highest BCUT2D eigenvalue weighted by molar-refractivity contribution is 7.21. The minimum absolute atomic E-state index is 0.0113. The van der Waals surface area contributed by atoms with Crippen molar-refractivity contribution in [2.75, 3.05) is 7.05 Å². The van der Waals surface area contributed by atoms with E-state index in [-0.39, 0.29) is 11.2 Å². The first kappa shape index (κ1) is 20.2. The highest BCUT2D eigenvalue weighted by Gasteiger charge is 2.14. The van der Waals surface area contributed by atoms with Crippen LogP contribution in [0, 0.1) is 10.1 Å². The maximum atomic E-state index is 12.6. The molecule has 2 heterocycles. The second-order valence-corrected chi connectivity index (χ2v) is 8.35. The third-order valence-corrected chi connectivity index (χ3v) is 6.06. The van der Waals surface area contributed by atoms with Crippen molar-refractivity contribution in [3.8, 4) is 10.4 Å². The average molecular weight is 441 g/mol. The molecule has 0 fully saturated rings. The summed E-state index contributed by atoms with van der Waals surface area (Å²) < 4.78 is 0. The number of benzene rings is 2. The van der Waals surface area contributed by atoms with Gasteiger partial charge in [-0.2, -0.15) is 0 Å². The van der Waals surface area contributed by atoms with Crippen LogP contribution in [0.1, 0.15) is 11.4 Å². The normalized spacial score (nSPS) is 11.3. The lowest BCUT2D eigenvalue weighted by atomic mass is 10.2. The van der Waals surface area contributed by atoms with Gasteiger partial charge in [-0.05, 0) is 30.3 Å². The van der Waals surface area contributed by atoms with E-state index in [0.29, 0.717) is 39.7 Å². The molecule has 0 aliphatic heterocycles. The van der Waals surface area contributed by atoms with Gasteiger partial charge in [-0.25, -0.2) is 4.98 Å². The van der Waals surface area contributed by atoms with E-state index < -0.39 is 4.92 Å². The smallest absolute Gasteiger partial charge is 0.269 e. The number of H-pyrrole nitrogens is 1. The lowest BCUT2D eigenvalue weighted by Gasteiger charge is -2.16. The van der Waals surface area contributed by atoms with Gasteiger partial charge in [0, 0.05) is 28.6 Å². The predicted molar refractivity (Wildman–Crippen MR) is 119 cm³/mol. The third-order valence-electron chi connectivity index (χ3n) is 4.61. The summed E-state index contributed by atoms with van der Waals surface area (Å²) in [5.74, 6) is 0.526. The minimum atomic E-state index is -0.450. The fourth-order valence-electron chi connectivity index (χ4n) is 3.19. The number of aromatic amines is 1. The Morgan fingerprint density at radius 3 is 2.67 bits per heavy atom. The zero-order chi connectivity index (χ0) is 21.3. The largest absolute Gasteiger partial charge is 0.309 e. The molecule has 4 rings (SSSR count). The van der Waals surface area contributed by atoms with E-state index in [1.165, 1.54) is 29.5 Å². The molecule has 0 bridgehead atoms. The molecule has 2 aromatic heterocycles. The van der Waals surface area contributed by atoms with Crippen molar-refractivity contribution in [2.45, 2.75) is 13.1 Å². The van der Waals surface area contributed by atoms with Crippen LogP contribution in [0.15, 0.2) is 59.4 Å². The standard InChI is InChI=1S/C21H17ClN4O3S/c1-25(11-14-9-15(26(28)29)7-8-17(14)22)12-19-23-20(27)16-10-18(30-21(16)24-19)13-5-3-2-4-6-13/h2-10H,11-12H2,1H3,(H,23,24,27). The van der Waals surface area contributed by atoms with Gasteiger partial charge in [0.1, 0.15) is 10.7 Å².